The van der Waals surface area contributed by atoms with E-state index in [2.05, 4.69) is 52.9 Å². The third kappa shape index (κ3) is 6.40. The Morgan fingerprint density at radius 2 is 2.12 bits per heavy atom. The Morgan fingerprint density at radius 1 is 1.30 bits per heavy atom. The first-order chi connectivity index (χ1) is 16.1. The molecule has 176 valence electrons. The number of hydrogen-bond donors (Lipinski definition) is 0. The lowest BCUT2D eigenvalue weighted by atomic mass is 9.97. The average Bonchev–Trinajstić information content (AvgIpc) is 2.85. The molecule has 0 saturated carbocycles. The molecule has 1 unspecified atom stereocenters. The summed E-state index contributed by atoms with van der Waals surface area (Å²) in [6, 6.07) is 8.14. The van der Waals surface area contributed by atoms with Crippen LogP contribution in [0.5, 0.6) is 5.75 Å². The number of carbonyl (C=O) groups excluding carboxylic acids is 1. The number of carbonyl (C=O) groups is 1. The van der Waals surface area contributed by atoms with Gasteiger partial charge in [0.2, 0.25) is 0 Å². The number of ether oxygens (including phenoxy) is 2. The minimum absolute atomic E-state index is 0.0229. The summed E-state index contributed by atoms with van der Waals surface area (Å²) < 4.78 is 11.1. The average molecular weight is 503 g/mol. The Hall–Kier alpha value is -1.82. The second kappa shape index (κ2) is 12.6. The standard InChI is InChI=1S/C25H30N2O3S3/c1-5-29-24(28)10-6-8-18(21-9-7-14-26-27-21)11-12-19-16-20-22(17-23(19)31-2)30-15-13-25(20,32-3)33-4/h7,9,14,16-18H,5-6,8,10,13,15H2,1-4H3. The molecule has 0 amide bonds. The molecule has 0 fully saturated rings. The van der Waals surface area contributed by atoms with Gasteiger partial charge in [-0.25, -0.2) is 0 Å². The van der Waals surface area contributed by atoms with Gasteiger partial charge in [-0.05, 0) is 62.8 Å². The quantitative estimate of drug-likeness (QED) is 0.186. The van der Waals surface area contributed by atoms with E-state index in [1.165, 1.54) is 5.56 Å². The van der Waals surface area contributed by atoms with Crippen molar-refractivity contribution in [3.05, 3.63) is 47.3 Å². The predicted molar refractivity (Wildman–Crippen MR) is 139 cm³/mol. The zero-order valence-electron chi connectivity index (χ0n) is 19.6. The van der Waals surface area contributed by atoms with Gasteiger partial charge >= 0.3 is 5.97 Å². The largest absolute Gasteiger partial charge is 0.493 e. The minimum atomic E-state index is -0.173. The molecule has 1 atom stereocenters. The van der Waals surface area contributed by atoms with Crippen LogP contribution >= 0.6 is 35.3 Å². The molecule has 1 aromatic heterocycles. The summed E-state index contributed by atoms with van der Waals surface area (Å²) in [5.74, 6) is 7.54. The van der Waals surface area contributed by atoms with E-state index in [-0.39, 0.29) is 16.0 Å². The van der Waals surface area contributed by atoms with E-state index in [0.29, 0.717) is 25.9 Å². The van der Waals surface area contributed by atoms with Gasteiger partial charge in [-0.3, -0.25) is 4.79 Å². The fraction of sp³-hybridized carbons (Fsp3) is 0.480. The Morgan fingerprint density at radius 3 is 2.79 bits per heavy atom. The molecule has 0 N–H and O–H groups in total. The normalized spacial score (nSPS) is 14.9. The first-order valence-electron chi connectivity index (χ1n) is 11.0. The first-order valence-corrected chi connectivity index (χ1v) is 14.6. The molecule has 0 spiro atoms. The molecule has 0 saturated heterocycles. The maximum atomic E-state index is 11.8. The van der Waals surface area contributed by atoms with Crippen molar-refractivity contribution in [1.82, 2.24) is 10.2 Å². The third-order valence-corrected chi connectivity index (χ3v) is 9.51. The third-order valence-electron chi connectivity index (χ3n) is 5.57. The Balaban J connectivity index is 1.93. The van der Waals surface area contributed by atoms with Gasteiger partial charge in [0.1, 0.15) is 5.75 Å². The Bertz CT molecular complexity index is 1000. The second-order valence-electron chi connectivity index (χ2n) is 7.48. The smallest absolute Gasteiger partial charge is 0.305 e. The maximum absolute atomic E-state index is 11.8. The van der Waals surface area contributed by atoms with Gasteiger partial charge in [-0.2, -0.15) is 10.2 Å². The highest BCUT2D eigenvalue weighted by atomic mass is 32.2. The van der Waals surface area contributed by atoms with Crippen LogP contribution in [0.25, 0.3) is 0 Å². The van der Waals surface area contributed by atoms with Crippen LogP contribution < -0.4 is 4.74 Å². The van der Waals surface area contributed by atoms with Gasteiger partial charge in [-0.1, -0.05) is 11.8 Å². The number of hydrogen-bond acceptors (Lipinski definition) is 8. The summed E-state index contributed by atoms with van der Waals surface area (Å²) >= 11 is 5.40. The molecule has 5 nitrogen and oxygen atoms in total. The van der Waals surface area contributed by atoms with Crippen LogP contribution in [0.3, 0.4) is 0 Å². The number of aromatic nitrogens is 2. The summed E-state index contributed by atoms with van der Waals surface area (Å²) in [4.78, 5) is 12.9. The van der Waals surface area contributed by atoms with Gasteiger partial charge in [0.05, 0.1) is 28.9 Å². The SMILES string of the molecule is CCOC(=O)CCCC(C#Cc1cc2c(cc1SC)OCCC2(SC)SC)c1cccnn1. The number of nitrogens with zero attached hydrogens (tertiary/aromatic N) is 2. The van der Waals surface area contributed by atoms with Crippen LogP contribution in [-0.2, 0) is 13.6 Å². The van der Waals surface area contributed by atoms with Gasteiger partial charge in [0, 0.05) is 35.1 Å². The Kier molecular flexibility index (Phi) is 9.84. The van der Waals surface area contributed by atoms with E-state index in [0.717, 1.165) is 34.9 Å². The van der Waals surface area contributed by atoms with E-state index in [1.807, 2.05) is 42.6 Å². The number of thioether (sulfide) groups is 3. The van der Waals surface area contributed by atoms with Gasteiger partial charge in [0.25, 0.3) is 0 Å². The van der Waals surface area contributed by atoms with Crippen LogP contribution in [0, 0.1) is 11.8 Å². The molecule has 1 aromatic carbocycles. The van der Waals surface area contributed by atoms with Crippen LogP contribution in [0.4, 0.5) is 0 Å². The second-order valence-corrected chi connectivity index (χ2v) is 10.8. The lowest BCUT2D eigenvalue weighted by molar-refractivity contribution is -0.143. The molecule has 0 aliphatic carbocycles. The highest BCUT2D eigenvalue weighted by Gasteiger charge is 2.37. The number of rotatable bonds is 9. The van der Waals surface area contributed by atoms with Gasteiger partial charge in [0.15, 0.2) is 0 Å². The monoisotopic (exact) mass is 502 g/mol. The van der Waals surface area contributed by atoms with E-state index < -0.39 is 0 Å². The first kappa shape index (κ1) is 25.8. The molecular weight excluding hydrogens is 472 g/mol. The van der Waals surface area contributed by atoms with Crippen molar-refractivity contribution >= 4 is 41.3 Å². The van der Waals surface area contributed by atoms with Crippen LogP contribution in [0.1, 0.15) is 55.3 Å². The summed E-state index contributed by atoms with van der Waals surface area (Å²) in [5, 5.41) is 8.32. The molecular formula is C25H30N2O3S3. The number of fused-ring (bicyclic) bond motifs is 1. The number of benzene rings is 1. The van der Waals surface area contributed by atoms with Crippen molar-refractivity contribution in [2.45, 2.75) is 47.5 Å². The van der Waals surface area contributed by atoms with E-state index in [1.54, 1.807) is 18.0 Å². The zero-order chi connectivity index (χ0) is 23.7. The maximum Gasteiger partial charge on any atom is 0.305 e. The highest BCUT2D eigenvalue weighted by molar-refractivity contribution is 8.16. The molecule has 2 heterocycles. The van der Waals surface area contributed by atoms with Crippen molar-refractivity contribution in [3.8, 4) is 17.6 Å². The van der Waals surface area contributed by atoms with Gasteiger partial charge in [-0.15, -0.1) is 35.3 Å². The van der Waals surface area contributed by atoms with Crippen LogP contribution in [0.2, 0.25) is 0 Å². The van der Waals surface area contributed by atoms with E-state index in [4.69, 9.17) is 9.47 Å². The van der Waals surface area contributed by atoms with Crippen molar-refractivity contribution in [3.63, 3.8) is 0 Å². The van der Waals surface area contributed by atoms with E-state index in [9.17, 15) is 4.79 Å². The summed E-state index contributed by atoms with van der Waals surface area (Å²) in [6.07, 6.45) is 10.8. The molecule has 33 heavy (non-hydrogen) atoms. The molecule has 8 heteroatoms. The number of esters is 1. The molecule has 3 rings (SSSR count). The van der Waals surface area contributed by atoms with Crippen LogP contribution in [0.15, 0.2) is 35.4 Å². The fourth-order valence-electron chi connectivity index (χ4n) is 3.82. The summed E-state index contributed by atoms with van der Waals surface area (Å²) in [6.45, 7) is 2.95. The molecule has 1 aliphatic rings. The van der Waals surface area contributed by atoms with Crippen LogP contribution in [-0.4, -0.2) is 48.1 Å². The Labute approximate surface area is 209 Å². The lowest BCUT2D eigenvalue weighted by Gasteiger charge is -2.36. The van der Waals surface area contributed by atoms with Crippen molar-refractivity contribution in [2.24, 2.45) is 0 Å². The van der Waals surface area contributed by atoms with Crippen molar-refractivity contribution < 1.29 is 14.3 Å². The lowest BCUT2D eigenvalue weighted by Crippen LogP contribution is -2.26. The topological polar surface area (TPSA) is 61.3 Å². The zero-order valence-corrected chi connectivity index (χ0v) is 22.0. The minimum Gasteiger partial charge on any atom is -0.493 e. The fourth-order valence-corrected chi connectivity index (χ4v) is 6.38. The molecule has 0 bridgehead atoms. The van der Waals surface area contributed by atoms with Crippen molar-refractivity contribution in [1.29, 1.82) is 0 Å². The molecule has 2 aromatic rings. The van der Waals surface area contributed by atoms with Gasteiger partial charge < -0.3 is 9.47 Å². The summed E-state index contributed by atoms with van der Waals surface area (Å²) in [5.41, 5.74) is 3.02. The predicted octanol–water partition coefficient (Wildman–Crippen LogP) is 5.73. The highest BCUT2D eigenvalue weighted by Crippen LogP contribution is 2.53. The van der Waals surface area contributed by atoms with Crippen molar-refractivity contribution in [2.75, 3.05) is 32.0 Å². The molecule has 1 aliphatic heterocycles. The molecule has 0 radical (unpaired) electrons. The van der Waals surface area contributed by atoms with E-state index >= 15 is 0 Å². The summed E-state index contributed by atoms with van der Waals surface area (Å²) in [7, 11) is 0.